The predicted molar refractivity (Wildman–Crippen MR) is 73.7 cm³/mol. The molecule has 0 fully saturated rings. The van der Waals surface area contributed by atoms with Crippen molar-refractivity contribution in [3.8, 4) is 11.3 Å². The molecule has 0 bridgehead atoms. The predicted octanol–water partition coefficient (Wildman–Crippen LogP) is 2.80. The molecule has 6 nitrogen and oxygen atoms in total. The number of nitrogens with zero attached hydrogens (tertiary/aromatic N) is 3. The lowest BCUT2D eigenvalue weighted by Gasteiger charge is -2.18. The summed E-state index contributed by atoms with van der Waals surface area (Å²) in [5.74, 6) is 0. The highest BCUT2D eigenvalue weighted by atomic mass is 16.6. The molecular weight excluding hydrogens is 244 g/mol. The molecule has 0 saturated heterocycles. The van der Waals surface area contributed by atoms with Gasteiger partial charge in [0.05, 0.1) is 16.1 Å². The Kier molecular flexibility index (Phi) is 3.01. The lowest BCUT2D eigenvalue weighted by Crippen LogP contribution is -2.22. The summed E-state index contributed by atoms with van der Waals surface area (Å²) in [6.45, 7) is 6.03. The summed E-state index contributed by atoms with van der Waals surface area (Å²) in [4.78, 5) is 10.4. The van der Waals surface area contributed by atoms with E-state index in [1.807, 2.05) is 20.8 Å². The first kappa shape index (κ1) is 13.1. The second-order valence-electron chi connectivity index (χ2n) is 5.36. The third-order valence-corrected chi connectivity index (χ3v) is 2.76. The molecule has 0 spiro atoms. The smallest absolute Gasteiger partial charge is 0.270 e. The van der Waals surface area contributed by atoms with E-state index in [-0.39, 0.29) is 11.2 Å². The number of aromatic nitrogens is 2. The van der Waals surface area contributed by atoms with Crippen molar-refractivity contribution >= 4 is 11.4 Å². The first-order chi connectivity index (χ1) is 8.79. The van der Waals surface area contributed by atoms with Crippen LogP contribution in [0.2, 0.25) is 0 Å². The van der Waals surface area contributed by atoms with Crippen molar-refractivity contribution in [2.24, 2.45) is 0 Å². The van der Waals surface area contributed by atoms with E-state index >= 15 is 0 Å². The molecule has 1 aromatic carbocycles. The van der Waals surface area contributed by atoms with Gasteiger partial charge in [0.15, 0.2) is 0 Å². The monoisotopic (exact) mass is 260 g/mol. The van der Waals surface area contributed by atoms with E-state index < -0.39 is 4.92 Å². The zero-order chi connectivity index (χ0) is 14.2. The van der Waals surface area contributed by atoms with Crippen LogP contribution in [0.3, 0.4) is 0 Å². The summed E-state index contributed by atoms with van der Waals surface area (Å²) in [5, 5.41) is 15.2. The lowest BCUT2D eigenvalue weighted by molar-refractivity contribution is -0.384. The van der Waals surface area contributed by atoms with Crippen LogP contribution in [0.5, 0.6) is 0 Å². The van der Waals surface area contributed by atoms with Crippen molar-refractivity contribution in [2.45, 2.75) is 26.3 Å². The SMILES string of the molecule is CC(C)(C)n1cc(N)c(-c2cccc([N+](=O)[O-])c2)n1. The van der Waals surface area contributed by atoms with E-state index in [0.717, 1.165) is 0 Å². The number of non-ortho nitro benzene ring substituents is 1. The van der Waals surface area contributed by atoms with Crippen LogP contribution in [0.25, 0.3) is 11.3 Å². The van der Waals surface area contributed by atoms with Crippen LogP contribution in [-0.4, -0.2) is 14.7 Å². The van der Waals surface area contributed by atoms with Gasteiger partial charge < -0.3 is 5.73 Å². The van der Waals surface area contributed by atoms with Crippen molar-refractivity contribution in [1.29, 1.82) is 0 Å². The molecule has 0 atom stereocenters. The maximum Gasteiger partial charge on any atom is 0.270 e. The highest BCUT2D eigenvalue weighted by Gasteiger charge is 2.18. The molecule has 19 heavy (non-hydrogen) atoms. The largest absolute Gasteiger partial charge is 0.396 e. The number of benzene rings is 1. The van der Waals surface area contributed by atoms with Crippen molar-refractivity contribution in [2.75, 3.05) is 5.73 Å². The summed E-state index contributed by atoms with van der Waals surface area (Å²) >= 11 is 0. The molecule has 0 amide bonds. The quantitative estimate of drug-likeness (QED) is 0.664. The number of rotatable bonds is 2. The number of anilines is 1. The van der Waals surface area contributed by atoms with Gasteiger partial charge in [0.1, 0.15) is 5.69 Å². The highest BCUT2D eigenvalue weighted by molar-refractivity contribution is 5.73. The number of hydrogen-bond acceptors (Lipinski definition) is 4. The minimum absolute atomic E-state index is 0.0298. The van der Waals surface area contributed by atoms with Gasteiger partial charge in [-0.3, -0.25) is 14.8 Å². The van der Waals surface area contributed by atoms with Crippen LogP contribution in [-0.2, 0) is 5.54 Å². The summed E-state index contributed by atoms with van der Waals surface area (Å²) in [5.41, 5.74) is 7.51. The first-order valence-electron chi connectivity index (χ1n) is 5.89. The first-order valence-corrected chi connectivity index (χ1v) is 5.89. The summed E-state index contributed by atoms with van der Waals surface area (Å²) in [6.07, 6.45) is 1.74. The molecule has 2 rings (SSSR count). The Morgan fingerprint density at radius 3 is 2.58 bits per heavy atom. The fourth-order valence-corrected chi connectivity index (χ4v) is 1.72. The average Bonchev–Trinajstić information content (AvgIpc) is 2.71. The number of nitrogen functional groups attached to an aromatic ring is 1. The maximum atomic E-state index is 10.8. The van der Waals surface area contributed by atoms with Crippen LogP contribution in [0.1, 0.15) is 20.8 Å². The molecule has 1 aromatic heterocycles. The molecule has 1 heterocycles. The van der Waals surface area contributed by atoms with E-state index in [9.17, 15) is 10.1 Å². The molecule has 100 valence electrons. The fraction of sp³-hybridized carbons (Fsp3) is 0.308. The summed E-state index contributed by atoms with van der Waals surface area (Å²) in [7, 11) is 0. The normalized spacial score (nSPS) is 11.5. The average molecular weight is 260 g/mol. The van der Waals surface area contributed by atoms with Crippen molar-refractivity contribution in [1.82, 2.24) is 9.78 Å². The Morgan fingerprint density at radius 1 is 1.37 bits per heavy atom. The van der Waals surface area contributed by atoms with E-state index in [4.69, 9.17) is 5.73 Å². The third-order valence-electron chi connectivity index (χ3n) is 2.76. The van der Waals surface area contributed by atoms with Gasteiger partial charge in [0.25, 0.3) is 5.69 Å². The standard InChI is InChI=1S/C13H16N4O2/c1-13(2,3)16-8-11(14)12(15-16)9-5-4-6-10(7-9)17(18)19/h4-8H,14H2,1-3H3. The Bertz CT molecular complexity index is 626. The molecule has 2 N–H and O–H groups in total. The third kappa shape index (κ3) is 2.57. The number of nitrogens with two attached hydrogens (primary N) is 1. The maximum absolute atomic E-state index is 10.8. The minimum Gasteiger partial charge on any atom is -0.396 e. The van der Waals surface area contributed by atoms with Gasteiger partial charge in [-0.15, -0.1) is 0 Å². The second kappa shape index (κ2) is 4.38. The van der Waals surface area contributed by atoms with Gasteiger partial charge in [-0.05, 0) is 20.8 Å². The summed E-state index contributed by atoms with van der Waals surface area (Å²) in [6, 6.07) is 6.31. The Hall–Kier alpha value is -2.37. The number of nitro benzene ring substituents is 1. The topological polar surface area (TPSA) is 87.0 Å². The molecule has 2 aromatic rings. The molecule has 0 radical (unpaired) electrons. The Labute approximate surface area is 111 Å². The van der Waals surface area contributed by atoms with Gasteiger partial charge in [0.2, 0.25) is 0 Å². The fourth-order valence-electron chi connectivity index (χ4n) is 1.72. The molecule has 6 heteroatoms. The molecule has 0 aliphatic rings. The minimum atomic E-state index is -0.430. The second-order valence-corrected chi connectivity index (χ2v) is 5.36. The van der Waals surface area contributed by atoms with Gasteiger partial charge in [0, 0.05) is 23.9 Å². The molecular formula is C13H16N4O2. The molecule has 0 unspecified atom stereocenters. The highest BCUT2D eigenvalue weighted by Crippen LogP contribution is 2.29. The van der Waals surface area contributed by atoms with E-state index in [1.165, 1.54) is 12.1 Å². The van der Waals surface area contributed by atoms with Crippen LogP contribution in [0.15, 0.2) is 30.5 Å². The van der Waals surface area contributed by atoms with Crippen molar-refractivity contribution < 1.29 is 4.92 Å². The molecule has 0 aliphatic heterocycles. The van der Waals surface area contributed by atoms with E-state index in [1.54, 1.807) is 23.0 Å². The Morgan fingerprint density at radius 2 is 2.05 bits per heavy atom. The number of hydrogen-bond donors (Lipinski definition) is 1. The van der Waals surface area contributed by atoms with Gasteiger partial charge >= 0.3 is 0 Å². The van der Waals surface area contributed by atoms with Crippen molar-refractivity contribution in [3.05, 3.63) is 40.6 Å². The van der Waals surface area contributed by atoms with Crippen LogP contribution in [0.4, 0.5) is 11.4 Å². The lowest BCUT2D eigenvalue weighted by atomic mass is 10.1. The zero-order valence-corrected chi connectivity index (χ0v) is 11.1. The summed E-state index contributed by atoms with van der Waals surface area (Å²) < 4.78 is 1.76. The van der Waals surface area contributed by atoms with E-state index in [0.29, 0.717) is 16.9 Å². The van der Waals surface area contributed by atoms with Crippen LogP contribution >= 0.6 is 0 Å². The van der Waals surface area contributed by atoms with Crippen LogP contribution < -0.4 is 5.73 Å². The molecule has 0 saturated carbocycles. The van der Waals surface area contributed by atoms with Gasteiger partial charge in [-0.1, -0.05) is 12.1 Å². The zero-order valence-electron chi connectivity index (χ0n) is 11.1. The van der Waals surface area contributed by atoms with Gasteiger partial charge in [-0.2, -0.15) is 5.10 Å². The van der Waals surface area contributed by atoms with Crippen LogP contribution in [0, 0.1) is 10.1 Å². The van der Waals surface area contributed by atoms with Crippen molar-refractivity contribution in [3.63, 3.8) is 0 Å². The van der Waals surface area contributed by atoms with Gasteiger partial charge in [-0.25, -0.2) is 0 Å². The molecule has 0 aliphatic carbocycles. The Balaban J connectivity index is 2.50. The van der Waals surface area contributed by atoms with E-state index in [2.05, 4.69) is 5.10 Å². The number of nitro groups is 1.